The molecule has 1 amide bonds. The van der Waals surface area contributed by atoms with Crippen molar-refractivity contribution in [2.45, 2.75) is 46.2 Å². The Morgan fingerprint density at radius 2 is 2.11 bits per heavy atom. The van der Waals surface area contributed by atoms with Gasteiger partial charge in [-0.1, -0.05) is 6.92 Å². The maximum Gasteiger partial charge on any atom is 0.234 e. The molecule has 0 saturated heterocycles. The summed E-state index contributed by atoms with van der Waals surface area (Å²) in [6.45, 7) is 9.01. The van der Waals surface area contributed by atoms with Gasteiger partial charge in [-0.05, 0) is 27.2 Å². The molecule has 2 N–H and O–H groups in total. The van der Waals surface area contributed by atoms with Gasteiger partial charge in [0.1, 0.15) is 0 Å². The summed E-state index contributed by atoms with van der Waals surface area (Å²) in [5.74, 6) is 0.0180. The number of rotatable bonds is 5. The molecule has 0 unspecified atom stereocenters. The first-order valence-corrected chi connectivity index (χ1v) is 6.35. The van der Waals surface area contributed by atoms with Crippen LogP contribution in [0.3, 0.4) is 0 Å². The van der Waals surface area contributed by atoms with Crippen LogP contribution in [-0.2, 0) is 24.8 Å². The lowest BCUT2D eigenvalue weighted by atomic mass is 10.1. The second-order valence-electron chi connectivity index (χ2n) is 5.53. The Morgan fingerprint density at radius 1 is 1.44 bits per heavy atom. The van der Waals surface area contributed by atoms with Gasteiger partial charge in [0, 0.05) is 30.9 Å². The van der Waals surface area contributed by atoms with Crippen LogP contribution in [0.25, 0.3) is 0 Å². The molecule has 0 aliphatic rings. The highest BCUT2D eigenvalue weighted by atomic mass is 16.2. The van der Waals surface area contributed by atoms with Gasteiger partial charge in [-0.15, -0.1) is 0 Å². The summed E-state index contributed by atoms with van der Waals surface area (Å²) in [7, 11) is 1.91. The zero-order chi connectivity index (χ0) is 13.8. The molecule has 0 spiro atoms. The normalized spacial score (nSPS) is 11.6. The summed E-state index contributed by atoms with van der Waals surface area (Å²) >= 11 is 0. The average Bonchev–Trinajstić information content (AvgIpc) is 2.56. The molecule has 0 atom stereocenters. The predicted molar refractivity (Wildman–Crippen MR) is 72.2 cm³/mol. The molecule has 0 fully saturated rings. The minimum Gasteiger partial charge on any atom is -0.350 e. The molecule has 5 heteroatoms. The van der Waals surface area contributed by atoms with E-state index in [-0.39, 0.29) is 11.4 Å². The van der Waals surface area contributed by atoms with Crippen LogP contribution in [0.1, 0.15) is 39.0 Å². The SMILES string of the molecule is CCc1nn(C)cc1CNCC(=O)NC(C)(C)C. The lowest BCUT2D eigenvalue weighted by molar-refractivity contribution is -0.121. The van der Waals surface area contributed by atoms with E-state index in [1.165, 1.54) is 0 Å². The third-order valence-corrected chi connectivity index (χ3v) is 2.44. The monoisotopic (exact) mass is 252 g/mol. The van der Waals surface area contributed by atoms with Crippen molar-refractivity contribution in [2.75, 3.05) is 6.54 Å². The molecular weight excluding hydrogens is 228 g/mol. The van der Waals surface area contributed by atoms with Gasteiger partial charge in [-0.3, -0.25) is 9.48 Å². The van der Waals surface area contributed by atoms with Gasteiger partial charge in [-0.25, -0.2) is 0 Å². The second-order valence-corrected chi connectivity index (χ2v) is 5.53. The van der Waals surface area contributed by atoms with E-state index >= 15 is 0 Å². The molecule has 0 aromatic carbocycles. The van der Waals surface area contributed by atoms with Gasteiger partial charge in [-0.2, -0.15) is 5.10 Å². The number of nitrogens with one attached hydrogen (secondary N) is 2. The summed E-state index contributed by atoms with van der Waals surface area (Å²) in [6.07, 6.45) is 2.90. The van der Waals surface area contributed by atoms with Crippen molar-refractivity contribution in [1.29, 1.82) is 0 Å². The number of hydrogen-bond acceptors (Lipinski definition) is 3. The van der Waals surface area contributed by atoms with Crippen LogP contribution in [0.2, 0.25) is 0 Å². The van der Waals surface area contributed by atoms with Crippen LogP contribution in [0.4, 0.5) is 0 Å². The Hall–Kier alpha value is -1.36. The molecule has 0 bridgehead atoms. The first kappa shape index (κ1) is 14.7. The maximum atomic E-state index is 11.6. The number of aryl methyl sites for hydroxylation is 2. The number of carbonyl (C=O) groups excluding carboxylic acids is 1. The maximum absolute atomic E-state index is 11.6. The second kappa shape index (κ2) is 6.00. The van der Waals surface area contributed by atoms with Crippen molar-refractivity contribution < 1.29 is 4.79 Å². The topological polar surface area (TPSA) is 59.0 Å². The standard InChI is InChI=1S/C13H24N4O/c1-6-11-10(9-17(5)16-11)7-14-8-12(18)15-13(2,3)4/h9,14H,6-8H2,1-5H3,(H,15,18). The summed E-state index contributed by atoms with van der Waals surface area (Å²) in [5, 5.41) is 10.4. The fourth-order valence-corrected chi connectivity index (χ4v) is 1.80. The Balaban J connectivity index is 2.39. The summed E-state index contributed by atoms with van der Waals surface area (Å²) < 4.78 is 1.81. The largest absolute Gasteiger partial charge is 0.350 e. The number of hydrogen-bond donors (Lipinski definition) is 2. The van der Waals surface area contributed by atoms with E-state index in [9.17, 15) is 4.79 Å². The van der Waals surface area contributed by atoms with E-state index in [0.29, 0.717) is 13.1 Å². The van der Waals surface area contributed by atoms with Crippen molar-refractivity contribution in [2.24, 2.45) is 7.05 Å². The van der Waals surface area contributed by atoms with Gasteiger partial charge >= 0.3 is 0 Å². The van der Waals surface area contributed by atoms with Gasteiger partial charge in [0.15, 0.2) is 0 Å². The first-order chi connectivity index (χ1) is 8.31. The zero-order valence-corrected chi connectivity index (χ0v) is 12.0. The van der Waals surface area contributed by atoms with Crippen molar-refractivity contribution in [3.8, 4) is 0 Å². The van der Waals surface area contributed by atoms with Gasteiger partial charge in [0.2, 0.25) is 5.91 Å². The van der Waals surface area contributed by atoms with E-state index in [1.807, 2.05) is 38.7 Å². The highest BCUT2D eigenvalue weighted by Crippen LogP contribution is 2.06. The van der Waals surface area contributed by atoms with Crippen LogP contribution < -0.4 is 10.6 Å². The van der Waals surface area contributed by atoms with Crippen LogP contribution in [-0.4, -0.2) is 27.8 Å². The molecule has 0 aliphatic heterocycles. The lowest BCUT2D eigenvalue weighted by Crippen LogP contribution is -2.44. The molecule has 1 rings (SSSR count). The van der Waals surface area contributed by atoms with E-state index < -0.39 is 0 Å². The number of carbonyl (C=O) groups is 1. The molecular formula is C13H24N4O. The molecule has 0 radical (unpaired) electrons. The molecule has 0 aliphatic carbocycles. The highest BCUT2D eigenvalue weighted by molar-refractivity contribution is 5.78. The van der Waals surface area contributed by atoms with Crippen molar-refractivity contribution in [3.05, 3.63) is 17.5 Å². The predicted octanol–water partition coefficient (Wildman–Crippen LogP) is 0.987. The summed E-state index contributed by atoms with van der Waals surface area (Å²) in [4.78, 5) is 11.6. The summed E-state index contributed by atoms with van der Waals surface area (Å²) in [5.41, 5.74) is 2.06. The van der Waals surface area contributed by atoms with Gasteiger partial charge in [0.05, 0.1) is 12.2 Å². The summed E-state index contributed by atoms with van der Waals surface area (Å²) in [6, 6.07) is 0. The third-order valence-electron chi connectivity index (χ3n) is 2.44. The molecule has 102 valence electrons. The molecule has 0 saturated carbocycles. The van der Waals surface area contributed by atoms with E-state index in [4.69, 9.17) is 0 Å². The number of nitrogens with zero attached hydrogens (tertiary/aromatic N) is 2. The fourth-order valence-electron chi connectivity index (χ4n) is 1.80. The van der Waals surface area contributed by atoms with E-state index in [0.717, 1.165) is 17.7 Å². The van der Waals surface area contributed by atoms with E-state index in [2.05, 4.69) is 22.7 Å². The Labute approximate surface area is 109 Å². The molecule has 18 heavy (non-hydrogen) atoms. The van der Waals surface area contributed by atoms with Crippen molar-refractivity contribution in [3.63, 3.8) is 0 Å². The van der Waals surface area contributed by atoms with Gasteiger partial charge < -0.3 is 10.6 Å². The van der Waals surface area contributed by atoms with Crippen molar-refractivity contribution >= 4 is 5.91 Å². The molecule has 1 aromatic rings. The quantitative estimate of drug-likeness (QED) is 0.821. The minimum atomic E-state index is -0.179. The van der Waals surface area contributed by atoms with E-state index in [1.54, 1.807) is 0 Å². The average molecular weight is 252 g/mol. The Kier molecular flexibility index (Phi) is 4.90. The Morgan fingerprint density at radius 3 is 2.67 bits per heavy atom. The van der Waals surface area contributed by atoms with Crippen molar-refractivity contribution in [1.82, 2.24) is 20.4 Å². The number of aromatic nitrogens is 2. The first-order valence-electron chi connectivity index (χ1n) is 6.35. The highest BCUT2D eigenvalue weighted by Gasteiger charge is 2.13. The van der Waals surface area contributed by atoms with Crippen LogP contribution in [0.5, 0.6) is 0 Å². The zero-order valence-electron chi connectivity index (χ0n) is 12.0. The van der Waals surface area contributed by atoms with Crippen LogP contribution in [0.15, 0.2) is 6.20 Å². The lowest BCUT2D eigenvalue weighted by Gasteiger charge is -2.20. The van der Waals surface area contributed by atoms with Crippen LogP contribution in [0, 0.1) is 0 Å². The van der Waals surface area contributed by atoms with Crippen LogP contribution >= 0.6 is 0 Å². The number of amides is 1. The fraction of sp³-hybridized carbons (Fsp3) is 0.692. The molecule has 5 nitrogen and oxygen atoms in total. The third kappa shape index (κ3) is 4.87. The molecule has 1 heterocycles. The van der Waals surface area contributed by atoms with Gasteiger partial charge in [0.25, 0.3) is 0 Å². The minimum absolute atomic E-state index is 0.0180. The Bertz CT molecular complexity index is 404. The molecule has 1 aromatic heterocycles. The smallest absolute Gasteiger partial charge is 0.234 e.